The van der Waals surface area contributed by atoms with Crippen LogP contribution in [-0.2, 0) is 0 Å². The molecule has 0 aliphatic heterocycles. The lowest BCUT2D eigenvalue weighted by atomic mass is 9.86. The molecule has 7 aromatic rings. The van der Waals surface area contributed by atoms with Crippen LogP contribution in [0.3, 0.4) is 0 Å². The molecule has 38 heavy (non-hydrogen) atoms. The number of hydrogen-bond acceptors (Lipinski definition) is 4. The van der Waals surface area contributed by atoms with Gasteiger partial charge in [0.15, 0.2) is 0 Å². The summed E-state index contributed by atoms with van der Waals surface area (Å²) >= 11 is 0. The summed E-state index contributed by atoms with van der Waals surface area (Å²) in [5.41, 5.74) is 0.00373. The van der Waals surface area contributed by atoms with Gasteiger partial charge in [0.05, 0.1) is 0 Å². The van der Waals surface area contributed by atoms with E-state index in [1.54, 1.807) is 24.3 Å². The van der Waals surface area contributed by atoms with Crippen molar-refractivity contribution in [2.75, 3.05) is 0 Å². The van der Waals surface area contributed by atoms with Crippen molar-refractivity contribution in [1.29, 1.82) is 21.0 Å². The highest BCUT2D eigenvalue weighted by atomic mass is 14.3. The third-order valence-corrected chi connectivity index (χ3v) is 7.05. The van der Waals surface area contributed by atoms with E-state index < -0.39 is 0 Å². The molecule has 0 radical (unpaired) electrons. The zero-order valence-electron chi connectivity index (χ0n) is 20.0. The molecule has 7 aromatic carbocycles. The summed E-state index contributed by atoms with van der Waals surface area (Å²) < 4.78 is 0. The minimum absolute atomic E-state index is 0.00187. The third-order valence-electron chi connectivity index (χ3n) is 7.05. The molecule has 4 heteroatoms. The minimum atomic E-state index is 0.00187. The van der Waals surface area contributed by atoms with E-state index in [0.29, 0.717) is 10.4 Å². The van der Waals surface area contributed by atoms with E-state index in [0.717, 1.165) is 0 Å². The van der Waals surface area contributed by atoms with Gasteiger partial charge in [-0.05, 0) is 53.9 Å². The van der Waals surface area contributed by atoms with Crippen LogP contribution in [0.2, 0.25) is 0 Å². The highest BCUT2D eigenvalue weighted by Gasteiger charge is 2.15. The maximum atomic E-state index is 8.63. The standard InChI is InChI=1S/C22H12.C12H4N4/c1-3-13-7-9-15-11-12-16-10-8-14-4-2-6-18-17(5-1)19(13)21(15)22(16)20(14)18;13-5-11(6-14)9-1-2-10(4-3-9)12(7-15)8-16/h1-12H;1-4H. The minimum Gasteiger partial charge on any atom is -0.192 e. The first kappa shape index (κ1) is 22.5. The molecule has 4 nitrogen and oxygen atoms in total. The topological polar surface area (TPSA) is 95.2 Å². The van der Waals surface area contributed by atoms with Crippen LogP contribution in [0.15, 0.2) is 97.1 Å². The summed E-state index contributed by atoms with van der Waals surface area (Å²) in [5, 5.41) is 49.3. The van der Waals surface area contributed by atoms with E-state index in [-0.39, 0.29) is 11.1 Å². The number of benzene rings is 7. The van der Waals surface area contributed by atoms with E-state index >= 15 is 0 Å². The van der Waals surface area contributed by atoms with Gasteiger partial charge >= 0.3 is 0 Å². The van der Waals surface area contributed by atoms with Crippen molar-refractivity contribution >= 4 is 65.0 Å². The van der Waals surface area contributed by atoms with Crippen LogP contribution in [0, 0.1) is 45.3 Å². The Morgan fingerprint density at radius 1 is 0.368 bits per heavy atom. The smallest absolute Gasteiger partial charge is 0.136 e. The van der Waals surface area contributed by atoms with Crippen molar-refractivity contribution in [1.82, 2.24) is 0 Å². The molecule has 0 spiro atoms. The molecular weight excluding hydrogens is 464 g/mol. The highest BCUT2D eigenvalue weighted by Crippen LogP contribution is 2.44. The monoisotopic (exact) mass is 480 g/mol. The molecule has 0 heterocycles. The predicted octanol–water partition coefficient (Wildman–Crippen LogP) is 6.41. The fraction of sp³-hybridized carbons (Fsp3) is 0. The van der Waals surface area contributed by atoms with Crippen molar-refractivity contribution in [3.8, 4) is 24.3 Å². The molecule has 0 bridgehead atoms. The third kappa shape index (κ3) is 3.35. The molecule has 0 aliphatic rings. The Hall–Kier alpha value is -5.94. The molecule has 0 N–H and O–H groups in total. The Kier molecular flexibility index (Phi) is 5.29. The van der Waals surface area contributed by atoms with E-state index in [1.807, 2.05) is 0 Å². The SMILES string of the molecule is N#CC(C#N)=c1ccc(=C(C#N)C#N)cc1.c1cc2ccc3ccc4ccc5cccc6c(c1)c2c3c4c56. The normalized spacial score (nSPS) is 10.5. The maximum absolute atomic E-state index is 8.63. The van der Waals surface area contributed by atoms with Crippen molar-refractivity contribution < 1.29 is 0 Å². The Labute approximate surface area is 217 Å². The van der Waals surface area contributed by atoms with Crippen LogP contribution in [0.1, 0.15) is 0 Å². The first-order chi connectivity index (χ1) is 18.7. The summed E-state index contributed by atoms with van der Waals surface area (Å²) in [6.07, 6.45) is 0. The second-order valence-electron chi connectivity index (χ2n) is 8.97. The van der Waals surface area contributed by atoms with Gasteiger partial charge in [0.2, 0.25) is 0 Å². The Morgan fingerprint density at radius 3 is 1.00 bits per heavy atom. The fourth-order valence-corrected chi connectivity index (χ4v) is 5.35. The zero-order chi connectivity index (χ0) is 26.2. The summed E-state index contributed by atoms with van der Waals surface area (Å²) in [7, 11) is 0. The molecule has 0 aliphatic carbocycles. The van der Waals surface area contributed by atoms with Crippen LogP contribution in [0.25, 0.3) is 65.0 Å². The molecule has 0 saturated heterocycles. The zero-order valence-corrected chi connectivity index (χ0v) is 20.0. The van der Waals surface area contributed by atoms with Crippen LogP contribution < -0.4 is 10.4 Å². The van der Waals surface area contributed by atoms with E-state index in [4.69, 9.17) is 21.0 Å². The molecule has 0 amide bonds. The molecule has 0 aromatic heterocycles. The van der Waals surface area contributed by atoms with Gasteiger partial charge in [-0.3, -0.25) is 0 Å². The van der Waals surface area contributed by atoms with Crippen LogP contribution in [-0.4, -0.2) is 0 Å². The predicted molar refractivity (Wildman–Crippen MR) is 151 cm³/mol. The van der Waals surface area contributed by atoms with Gasteiger partial charge in [-0.2, -0.15) is 21.0 Å². The Morgan fingerprint density at radius 2 is 0.684 bits per heavy atom. The van der Waals surface area contributed by atoms with Crippen LogP contribution >= 0.6 is 0 Å². The summed E-state index contributed by atoms with van der Waals surface area (Å²) in [5.74, 6) is 0. The first-order valence-electron chi connectivity index (χ1n) is 11.9. The average Bonchev–Trinajstić information content (AvgIpc) is 2.98. The maximum Gasteiger partial charge on any atom is 0.136 e. The quantitative estimate of drug-likeness (QED) is 0.185. The second-order valence-corrected chi connectivity index (χ2v) is 8.97. The van der Waals surface area contributed by atoms with Gasteiger partial charge in [0, 0.05) is 10.4 Å². The first-order valence-corrected chi connectivity index (χ1v) is 11.9. The number of hydrogen-bond donors (Lipinski definition) is 0. The Bertz CT molecular complexity index is 2100. The highest BCUT2D eigenvalue weighted by molar-refractivity contribution is 6.39. The lowest BCUT2D eigenvalue weighted by Gasteiger charge is -2.17. The molecule has 0 unspecified atom stereocenters. The van der Waals surface area contributed by atoms with E-state index in [9.17, 15) is 0 Å². The number of nitriles is 4. The van der Waals surface area contributed by atoms with Crippen molar-refractivity contribution in [2.24, 2.45) is 0 Å². The fourth-order valence-electron chi connectivity index (χ4n) is 5.35. The largest absolute Gasteiger partial charge is 0.192 e. The van der Waals surface area contributed by atoms with Crippen LogP contribution in [0.5, 0.6) is 0 Å². The van der Waals surface area contributed by atoms with Gasteiger partial charge in [-0.1, -0.05) is 97.1 Å². The second kappa shape index (κ2) is 8.93. The number of nitrogens with zero attached hydrogens (tertiary/aromatic N) is 4. The molecule has 0 fully saturated rings. The van der Waals surface area contributed by atoms with E-state index in [1.165, 1.54) is 78.1 Å². The lowest BCUT2D eigenvalue weighted by molar-refractivity contribution is 1.46. The van der Waals surface area contributed by atoms with Crippen molar-refractivity contribution in [3.63, 3.8) is 0 Å². The average molecular weight is 481 g/mol. The van der Waals surface area contributed by atoms with E-state index in [2.05, 4.69) is 72.8 Å². The number of fused-ring (bicyclic) bond motifs is 1. The summed E-state index contributed by atoms with van der Waals surface area (Å²) in [4.78, 5) is 0. The van der Waals surface area contributed by atoms with Gasteiger partial charge in [0.1, 0.15) is 35.4 Å². The van der Waals surface area contributed by atoms with Crippen molar-refractivity contribution in [2.45, 2.75) is 0 Å². The van der Waals surface area contributed by atoms with Gasteiger partial charge in [-0.15, -0.1) is 0 Å². The van der Waals surface area contributed by atoms with Gasteiger partial charge < -0.3 is 0 Å². The summed E-state index contributed by atoms with van der Waals surface area (Å²) in [6.45, 7) is 0. The van der Waals surface area contributed by atoms with Crippen molar-refractivity contribution in [3.05, 3.63) is 107 Å². The molecule has 7 rings (SSSR count). The molecular formula is C34H16N4. The number of rotatable bonds is 0. The summed E-state index contributed by atoms with van der Waals surface area (Å²) in [6, 6.07) is 40.1. The van der Waals surface area contributed by atoms with Crippen LogP contribution in [0.4, 0.5) is 0 Å². The van der Waals surface area contributed by atoms with Gasteiger partial charge in [0.25, 0.3) is 0 Å². The Balaban J connectivity index is 0.000000148. The molecule has 0 saturated carbocycles. The molecule has 172 valence electrons. The van der Waals surface area contributed by atoms with Gasteiger partial charge in [-0.25, -0.2) is 0 Å². The lowest BCUT2D eigenvalue weighted by Crippen LogP contribution is -2.11. The molecule has 0 atom stereocenters.